The van der Waals surface area contributed by atoms with Gasteiger partial charge in [-0.15, -0.1) is 11.3 Å². The Balaban J connectivity index is 1.19. The van der Waals surface area contributed by atoms with Gasteiger partial charge < -0.3 is 8.98 Å². The van der Waals surface area contributed by atoms with Crippen LogP contribution in [0.1, 0.15) is 0 Å². The van der Waals surface area contributed by atoms with E-state index in [0.29, 0.717) is 0 Å². The van der Waals surface area contributed by atoms with Crippen LogP contribution in [0.2, 0.25) is 0 Å². The summed E-state index contributed by atoms with van der Waals surface area (Å²) in [4.78, 5) is 0. The van der Waals surface area contributed by atoms with E-state index in [-0.39, 0.29) is 0 Å². The first-order valence-corrected chi connectivity index (χ1v) is 14.7. The molecule has 0 aliphatic carbocycles. The van der Waals surface area contributed by atoms with Crippen molar-refractivity contribution < 1.29 is 4.42 Å². The molecule has 41 heavy (non-hydrogen) atoms. The fourth-order valence-electron chi connectivity index (χ4n) is 6.31. The normalized spacial score (nSPS) is 11.9. The molecule has 0 aliphatic rings. The van der Waals surface area contributed by atoms with Gasteiger partial charge in [-0.25, -0.2) is 0 Å². The summed E-state index contributed by atoms with van der Waals surface area (Å²) in [6.07, 6.45) is 0. The lowest BCUT2D eigenvalue weighted by atomic mass is 9.99. The van der Waals surface area contributed by atoms with Crippen LogP contribution < -0.4 is 0 Å². The molecule has 0 unspecified atom stereocenters. The summed E-state index contributed by atoms with van der Waals surface area (Å²) in [5, 5.41) is 4.91. The highest BCUT2D eigenvalue weighted by atomic mass is 32.1. The summed E-state index contributed by atoms with van der Waals surface area (Å²) in [5.41, 5.74) is 10.4. The maximum absolute atomic E-state index is 6.15. The van der Waals surface area contributed by atoms with Crippen molar-refractivity contribution in [2.24, 2.45) is 0 Å². The van der Waals surface area contributed by atoms with Crippen LogP contribution in [0.4, 0.5) is 0 Å². The Morgan fingerprint density at radius 2 is 1.15 bits per heavy atom. The van der Waals surface area contributed by atoms with Gasteiger partial charge in [0.05, 0.1) is 15.7 Å². The smallest absolute Gasteiger partial charge is 0.136 e. The van der Waals surface area contributed by atoms with Crippen molar-refractivity contribution >= 4 is 64.5 Å². The van der Waals surface area contributed by atoms with Gasteiger partial charge in [0.2, 0.25) is 0 Å². The van der Waals surface area contributed by atoms with Gasteiger partial charge in [-0.1, -0.05) is 103 Å². The average Bonchev–Trinajstić information content (AvgIpc) is 3.70. The van der Waals surface area contributed by atoms with Gasteiger partial charge in [0.15, 0.2) is 0 Å². The van der Waals surface area contributed by atoms with Crippen molar-refractivity contribution in [3.05, 3.63) is 140 Å². The van der Waals surface area contributed by atoms with Crippen LogP contribution in [0.15, 0.2) is 144 Å². The molecule has 3 heteroatoms. The van der Waals surface area contributed by atoms with Crippen molar-refractivity contribution in [1.29, 1.82) is 0 Å². The zero-order valence-corrected chi connectivity index (χ0v) is 22.9. The van der Waals surface area contributed by atoms with E-state index >= 15 is 0 Å². The molecule has 0 bridgehead atoms. The van der Waals surface area contributed by atoms with E-state index in [1.54, 1.807) is 0 Å². The van der Waals surface area contributed by atoms with E-state index in [9.17, 15) is 0 Å². The van der Waals surface area contributed by atoms with E-state index < -0.39 is 0 Å². The third kappa shape index (κ3) is 3.36. The summed E-state index contributed by atoms with van der Waals surface area (Å²) < 4.78 is 11.2. The van der Waals surface area contributed by atoms with Crippen LogP contribution in [0.5, 0.6) is 0 Å². The molecule has 0 N–H and O–H groups in total. The Labute approximate surface area is 240 Å². The van der Waals surface area contributed by atoms with E-state index in [2.05, 4.69) is 132 Å². The standard InChI is InChI=1S/C38H23NOS/c1-2-9-27(10-3-1)39-33-15-6-4-12-31(33)38-36(39)32-14-8-13-28(37(32)41-38)25-19-17-24(18-20-25)26-21-22-30-29-11-5-7-16-34(29)40-35(30)23-26/h1-23H. The van der Waals surface area contributed by atoms with Crippen LogP contribution in [0, 0.1) is 0 Å². The maximum atomic E-state index is 6.15. The molecule has 9 rings (SSSR count). The van der Waals surface area contributed by atoms with Crippen LogP contribution in [-0.4, -0.2) is 4.57 Å². The molecule has 2 nitrogen and oxygen atoms in total. The van der Waals surface area contributed by atoms with Gasteiger partial charge >= 0.3 is 0 Å². The minimum Gasteiger partial charge on any atom is -0.456 e. The monoisotopic (exact) mass is 541 g/mol. The highest BCUT2D eigenvalue weighted by molar-refractivity contribution is 7.27. The largest absolute Gasteiger partial charge is 0.456 e. The van der Waals surface area contributed by atoms with Gasteiger partial charge in [-0.2, -0.15) is 0 Å². The predicted molar refractivity (Wildman–Crippen MR) is 174 cm³/mol. The first-order valence-electron chi connectivity index (χ1n) is 13.9. The number of aromatic nitrogens is 1. The highest BCUT2D eigenvalue weighted by Gasteiger charge is 2.19. The number of nitrogens with zero attached hydrogens (tertiary/aromatic N) is 1. The third-order valence-corrected chi connectivity index (χ3v) is 9.49. The van der Waals surface area contributed by atoms with E-state index in [0.717, 1.165) is 27.5 Å². The molecule has 3 heterocycles. The molecular weight excluding hydrogens is 518 g/mol. The Morgan fingerprint density at radius 3 is 2.02 bits per heavy atom. The molecule has 0 saturated carbocycles. The van der Waals surface area contributed by atoms with Crippen molar-refractivity contribution in [2.75, 3.05) is 0 Å². The number of benzene rings is 6. The lowest BCUT2D eigenvalue weighted by Crippen LogP contribution is -1.92. The Bertz CT molecular complexity index is 2410. The summed E-state index contributed by atoms with van der Waals surface area (Å²) in [6.45, 7) is 0. The number of hydrogen-bond donors (Lipinski definition) is 0. The fourth-order valence-corrected chi connectivity index (χ4v) is 7.67. The van der Waals surface area contributed by atoms with Crippen molar-refractivity contribution in [2.45, 2.75) is 0 Å². The number of rotatable bonds is 3. The lowest BCUT2D eigenvalue weighted by Gasteiger charge is -2.09. The van der Waals surface area contributed by atoms with Gasteiger partial charge in [0.25, 0.3) is 0 Å². The van der Waals surface area contributed by atoms with E-state index in [1.165, 1.54) is 53.6 Å². The molecule has 3 aromatic heterocycles. The molecule has 9 aromatic rings. The summed E-state index contributed by atoms with van der Waals surface area (Å²) >= 11 is 1.90. The fraction of sp³-hybridized carbons (Fsp3) is 0. The van der Waals surface area contributed by atoms with Gasteiger partial charge in [-0.3, -0.25) is 0 Å². The van der Waals surface area contributed by atoms with Crippen LogP contribution in [0.25, 0.3) is 81.1 Å². The quantitative estimate of drug-likeness (QED) is 0.217. The molecule has 0 aliphatic heterocycles. The maximum Gasteiger partial charge on any atom is 0.136 e. The average molecular weight is 542 g/mol. The molecule has 0 amide bonds. The minimum absolute atomic E-state index is 0.925. The second-order valence-corrected chi connectivity index (χ2v) is 11.6. The number of thiophene rings is 1. The van der Waals surface area contributed by atoms with Crippen molar-refractivity contribution in [1.82, 2.24) is 4.57 Å². The molecule has 0 radical (unpaired) electrons. The Hall–Kier alpha value is -5.12. The van der Waals surface area contributed by atoms with Crippen LogP contribution >= 0.6 is 11.3 Å². The van der Waals surface area contributed by atoms with E-state index in [4.69, 9.17) is 4.42 Å². The molecule has 0 spiro atoms. The lowest BCUT2D eigenvalue weighted by molar-refractivity contribution is 0.669. The number of hydrogen-bond acceptors (Lipinski definition) is 2. The second kappa shape index (κ2) is 8.69. The molecule has 0 fully saturated rings. The molecular formula is C38H23NOS. The van der Waals surface area contributed by atoms with Gasteiger partial charge in [0, 0.05) is 31.9 Å². The third-order valence-electron chi connectivity index (χ3n) is 8.22. The minimum atomic E-state index is 0.925. The van der Waals surface area contributed by atoms with Gasteiger partial charge in [-0.05, 0) is 58.7 Å². The first-order chi connectivity index (χ1) is 20.3. The molecule has 6 aromatic carbocycles. The summed E-state index contributed by atoms with van der Waals surface area (Å²) in [7, 11) is 0. The van der Waals surface area contributed by atoms with Crippen molar-refractivity contribution in [3.63, 3.8) is 0 Å². The van der Waals surface area contributed by atoms with E-state index in [1.807, 2.05) is 23.5 Å². The molecule has 0 atom stereocenters. The zero-order chi connectivity index (χ0) is 26.9. The predicted octanol–water partition coefficient (Wildman–Crippen LogP) is 11.2. The summed E-state index contributed by atoms with van der Waals surface area (Å²) in [5.74, 6) is 0. The second-order valence-electron chi connectivity index (χ2n) is 10.5. The van der Waals surface area contributed by atoms with Crippen LogP contribution in [-0.2, 0) is 0 Å². The Kier molecular flexibility index (Phi) is 4.80. The molecule has 0 saturated heterocycles. The SMILES string of the molecule is c1ccc(-n2c3ccccc3c3sc4c(-c5ccc(-c6ccc7c(c6)oc6ccccc67)cc5)cccc4c32)cc1. The van der Waals surface area contributed by atoms with Crippen molar-refractivity contribution in [3.8, 4) is 27.9 Å². The Morgan fingerprint density at radius 1 is 0.463 bits per heavy atom. The number of para-hydroxylation sites is 3. The summed E-state index contributed by atoms with van der Waals surface area (Å²) in [6, 6.07) is 49.9. The van der Waals surface area contributed by atoms with Crippen LogP contribution in [0.3, 0.4) is 0 Å². The first kappa shape index (κ1) is 22.7. The molecule has 192 valence electrons. The number of furan rings is 1. The zero-order valence-electron chi connectivity index (χ0n) is 22.0. The topological polar surface area (TPSA) is 18.1 Å². The number of fused-ring (bicyclic) bond motifs is 8. The van der Waals surface area contributed by atoms with Gasteiger partial charge in [0.1, 0.15) is 11.2 Å². The highest BCUT2D eigenvalue weighted by Crippen LogP contribution is 2.45.